The molecule has 0 aliphatic carbocycles. The first-order chi connectivity index (χ1) is 12.7. The summed E-state index contributed by atoms with van der Waals surface area (Å²) in [5.74, 6) is 0.0742. The summed E-state index contributed by atoms with van der Waals surface area (Å²) in [4.78, 5) is 29.5. The minimum atomic E-state index is -3.24. The summed E-state index contributed by atoms with van der Waals surface area (Å²) in [5, 5.41) is 0. The predicted octanol–water partition coefficient (Wildman–Crippen LogP) is 1.16. The van der Waals surface area contributed by atoms with Crippen molar-refractivity contribution in [1.82, 2.24) is 14.1 Å². The van der Waals surface area contributed by atoms with E-state index in [1.54, 1.807) is 15.9 Å². The van der Waals surface area contributed by atoms with Gasteiger partial charge in [-0.15, -0.1) is 0 Å². The van der Waals surface area contributed by atoms with Gasteiger partial charge in [0.05, 0.1) is 6.26 Å². The third kappa shape index (κ3) is 4.16. The Kier molecular flexibility index (Phi) is 5.58. The van der Waals surface area contributed by atoms with E-state index in [1.807, 2.05) is 32.0 Å². The highest BCUT2D eigenvalue weighted by Gasteiger charge is 2.39. The first-order valence-corrected chi connectivity index (χ1v) is 11.2. The fraction of sp³-hybridized carbons (Fsp3) is 0.579. The van der Waals surface area contributed by atoms with Gasteiger partial charge in [0, 0.05) is 38.3 Å². The number of carbonyl (C=O) groups is 2. The van der Waals surface area contributed by atoms with E-state index < -0.39 is 16.1 Å². The number of piperazine rings is 1. The summed E-state index contributed by atoms with van der Waals surface area (Å²) in [6.45, 7) is 5.83. The second-order valence-electron chi connectivity index (χ2n) is 7.72. The van der Waals surface area contributed by atoms with Crippen LogP contribution in [0.1, 0.15) is 36.2 Å². The van der Waals surface area contributed by atoms with Crippen LogP contribution in [0.25, 0.3) is 0 Å². The molecule has 1 aromatic carbocycles. The molecule has 1 atom stereocenters. The number of rotatable bonds is 5. The van der Waals surface area contributed by atoms with Crippen LogP contribution < -0.4 is 0 Å². The second-order valence-corrected chi connectivity index (χ2v) is 9.71. The molecule has 0 N–H and O–H groups in total. The highest BCUT2D eigenvalue weighted by atomic mass is 32.2. The molecule has 1 fully saturated rings. The molecule has 2 aliphatic heterocycles. The van der Waals surface area contributed by atoms with Crippen LogP contribution in [0.4, 0.5) is 0 Å². The van der Waals surface area contributed by atoms with Crippen LogP contribution in [-0.2, 0) is 21.4 Å². The maximum atomic E-state index is 13.2. The van der Waals surface area contributed by atoms with Gasteiger partial charge in [-0.1, -0.05) is 32.0 Å². The fourth-order valence-corrected chi connectivity index (χ4v) is 4.61. The zero-order valence-electron chi connectivity index (χ0n) is 16.1. The van der Waals surface area contributed by atoms with E-state index in [0.29, 0.717) is 44.7 Å². The Hall–Kier alpha value is -1.93. The third-order valence-electron chi connectivity index (χ3n) is 5.22. The topological polar surface area (TPSA) is 78.0 Å². The molecule has 2 aliphatic rings. The largest absolute Gasteiger partial charge is 0.338 e. The van der Waals surface area contributed by atoms with Crippen molar-refractivity contribution >= 4 is 21.8 Å². The maximum absolute atomic E-state index is 13.2. The van der Waals surface area contributed by atoms with Gasteiger partial charge in [-0.2, -0.15) is 4.31 Å². The maximum Gasteiger partial charge on any atom is 0.255 e. The van der Waals surface area contributed by atoms with Crippen molar-refractivity contribution in [3.05, 3.63) is 35.4 Å². The normalized spacial score (nSPS) is 19.5. The van der Waals surface area contributed by atoms with Gasteiger partial charge in [0.2, 0.25) is 15.9 Å². The average molecular weight is 394 g/mol. The van der Waals surface area contributed by atoms with E-state index >= 15 is 0 Å². The molecule has 7 nitrogen and oxygen atoms in total. The highest BCUT2D eigenvalue weighted by molar-refractivity contribution is 7.88. The SMILES string of the molecule is CC(C)C[C@@H](C(=O)N1CCN(S(C)(=O)=O)CC1)N1Cc2ccccc2C1=O. The smallest absolute Gasteiger partial charge is 0.255 e. The minimum Gasteiger partial charge on any atom is -0.338 e. The molecular formula is C19H27N3O4S. The predicted molar refractivity (Wildman–Crippen MR) is 103 cm³/mol. The molecule has 0 radical (unpaired) electrons. The Morgan fingerprint density at radius 1 is 1.11 bits per heavy atom. The zero-order valence-corrected chi connectivity index (χ0v) is 16.9. The van der Waals surface area contributed by atoms with Gasteiger partial charge in [-0.05, 0) is 24.0 Å². The van der Waals surface area contributed by atoms with Crippen LogP contribution in [0.15, 0.2) is 24.3 Å². The van der Waals surface area contributed by atoms with E-state index in [0.717, 1.165) is 5.56 Å². The molecule has 2 heterocycles. The number of fused-ring (bicyclic) bond motifs is 1. The third-order valence-corrected chi connectivity index (χ3v) is 6.53. The summed E-state index contributed by atoms with van der Waals surface area (Å²) < 4.78 is 24.8. The lowest BCUT2D eigenvalue weighted by molar-refractivity contribution is -0.138. The summed E-state index contributed by atoms with van der Waals surface area (Å²) in [5.41, 5.74) is 1.62. The van der Waals surface area contributed by atoms with Crippen LogP contribution in [0.3, 0.4) is 0 Å². The summed E-state index contributed by atoms with van der Waals surface area (Å²) in [6.07, 6.45) is 1.77. The molecule has 0 spiro atoms. The summed E-state index contributed by atoms with van der Waals surface area (Å²) in [6, 6.07) is 6.95. The van der Waals surface area contributed by atoms with Crippen molar-refractivity contribution < 1.29 is 18.0 Å². The molecule has 8 heteroatoms. The number of hydrogen-bond donors (Lipinski definition) is 0. The molecule has 27 heavy (non-hydrogen) atoms. The monoisotopic (exact) mass is 393 g/mol. The fourth-order valence-electron chi connectivity index (χ4n) is 3.79. The first-order valence-electron chi connectivity index (χ1n) is 9.31. The van der Waals surface area contributed by atoms with E-state index in [1.165, 1.54) is 10.6 Å². The quantitative estimate of drug-likeness (QED) is 0.752. The molecule has 1 aromatic rings. The van der Waals surface area contributed by atoms with Gasteiger partial charge in [0.15, 0.2) is 0 Å². The minimum absolute atomic E-state index is 0.0852. The Morgan fingerprint density at radius 2 is 1.74 bits per heavy atom. The molecular weight excluding hydrogens is 366 g/mol. The Labute approximate surface area is 161 Å². The number of nitrogens with zero attached hydrogens (tertiary/aromatic N) is 3. The van der Waals surface area contributed by atoms with Crippen molar-refractivity contribution in [3.8, 4) is 0 Å². The van der Waals surface area contributed by atoms with Crippen molar-refractivity contribution in [1.29, 1.82) is 0 Å². The van der Waals surface area contributed by atoms with E-state index in [9.17, 15) is 18.0 Å². The lowest BCUT2D eigenvalue weighted by Crippen LogP contribution is -2.56. The lowest BCUT2D eigenvalue weighted by Gasteiger charge is -2.37. The van der Waals surface area contributed by atoms with Crippen LogP contribution in [0.2, 0.25) is 0 Å². The Bertz CT molecular complexity index is 829. The van der Waals surface area contributed by atoms with Crippen LogP contribution in [0.5, 0.6) is 0 Å². The van der Waals surface area contributed by atoms with E-state index in [-0.39, 0.29) is 17.7 Å². The average Bonchev–Trinajstić information content (AvgIpc) is 2.95. The number of hydrogen-bond acceptors (Lipinski definition) is 4. The van der Waals surface area contributed by atoms with Crippen LogP contribution in [0, 0.1) is 5.92 Å². The molecule has 0 saturated carbocycles. The second kappa shape index (κ2) is 7.59. The Morgan fingerprint density at radius 3 is 2.30 bits per heavy atom. The first kappa shape index (κ1) is 19.8. The highest BCUT2D eigenvalue weighted by Crippen LogP contribution is 2.28. The van der Waals surface area contributed by atoms with Crippen LogP contribution >= 0.6 is 0 Å². The van der Waals surface area contributed by atoms with E-state index in [4.69, 9.17) is 0 Å². The van der Waals surface area contributed by atoms with Gasteiger partial charge in [-0.25, -0.2) is 8.42 Å². The lowest BCUT2D eigenvalue weighted by atomic mass is 10.0. The zero-order chi connectivity index (χ0) is 19.8. The Balaban J connectivity index is 1.76. The standard InChI is InChI=1S/C19H27N3O4S/c1-14(2)12-17(22-13-15-6-4-5-7-16(15)18(22)23)19(24)20-8-10-21(11-9-20)27(3,25)26/h4-7,14,17H,8-13H2,1-3H3/t17-/m0/s1. The molecule has 0 unspecified atom stereocenters. The van der Waals surface area contributed by atoms with Crippen molar-refractivity contribution in [2.24, 2.45) is 5.92 Å². The van der Waals surface area contributed by atoms with Gasteiger partial charge in [0.25, 0.3) is 5.91 Å². The molecule has 2 amide bonds. The van der Waals surface area contributed by atoms with Gasteiger partial charge >= 0.3 is 0 Å². The van der Waals surface area contributed by atoms with Gasteiger partial charge in [0.1, 0.15) is 6.04 Å². The number of amides is 2. The number of carbonyl (C=O) groups excluding carboxylic acids is 2. The van der Waals surface area contributed by atoms with Crippen LogP contribution in [-0.4, -0.2) is 72.8 Å². The molecule has 0 aromatic heterocycles. The van der Waals surface area contributed by atoms with Crippen molar-refractivity contribution in [2.45, 2.75) is 32.9 Å². The van der Waals surface area contributed by atoms with Crippen molar-refractivity contribution in [3.63, 3.8) is 0 Å². The van der Waals surface area contributed by atoms with Gasteiger partial charge < -0.3 is 9.80 Å². The molecule has 148 valence electrons. The van der Waals surface area contributed by atoms with E-state index in [2.05, 4.69) is 0 Å². The molecule has 0 bridgehead atoms. The molecule has 3 rings (SSSR count). The number of sulfonamides is 1. The van der Waals surface area contributed by atoms with Crippen molar-refractivity contribution in [2.75, 3.05) is 32.4 Å². The number of benzene rings is 1. The van der Waals surface area contributed by atoms with Gasteiger partial charge in [-0.3, -0.25) is 9.59 Å². The summed E-state index contributed by atoms with van der Waals surface area (Å²) >= 11 is 0. The molecule has 1 saturated heterocycles. The summed E-state index contributed by atoms with van der Waals surface area (Å²) in [7, 11) is -3.24.